The maximum Gasteiger partial charge on any atom is 0.0350 e. The van der Waals surface area contributed by atoms with E-state index in [1.165, 1.54) is 38.8 Å². The van der Waals surface area contributed by atoms with E-state index >= 15 is 0 Å². The van der Waals surface area contributed by atoms with Crippen LogP contribution in [0, 0.1) is 0 Å². The lowest BCUT2D eigenvalue weighted by molar-refractivity contribution is 0.162. The van der Waals surface area contributed by atoms with E-state index in [9.17, 15) is 0 Å². The summed E-state index contributed by atoms with van der Waals surface area (Å²) in [5.74, 6) is 0. The molecule has 0 aromatic carbocycles. The summed E-state index contributed by atoms with van der Waals surface area (Å²) in [5, 5.41) is 0. The molecule has 2 fully saturated rings. The molecule has 1 atom stereocenters. The van der Waals surface area contributed by atoms with E-state index in [-0.39, 0.29) is 0 Å². The van der Waals surface area contributed by atoms with Crippen molar-refractivity contribution in [3.8, 4) is 0 Å². The van der Waals surface area contributed by atoms with E-state index in [1.807, 2.05) is 41.5 Å². The molecule has 0 aromatic rings. The van der Waals surface area contributed by atoms with Gasteiger partial charge in [-0.2, -0.15) is 12.6 Å². The molecule has 0 bridgehead atoms. The van der Waals surface area contributed by atoms with Crippen molar-refractivity contribution in [1.82, 2.24) is 4.90 Å². The van der Waals surface area contributed by atoms with Crippen LogP contribution in [0.25, 0.3) is 0 Å². The third-order valence-corrected chi connectivity index (χ3v) is 3.83. The quantitative estimate of drug-likeness (QED) is 0.482. The van der Waals surface area contributed by atoms with Gasteiger partial charge in [-0.3, -0.25) is 4.90 Å². The van der Waals surface area contributed by atoms with Crippen molar-refractivity contribution in [2.45, 2.75) is 87.1 Å². The Labute approximate surface area is 159 Å². The normalized spacial score (nSPS) is 22.7. The minimum absolute atomic E-state index is 0.699. The monoisotopic (exact) mass is 355 g/mol. The Morgan fingerprint density at radius 1 is 0.917 bits per heavy atom. The molecular weight excluding hydrogens is 310 g/mol. The Balaban J connectivity index is -0.000000484. The van der Waals surface area contributed by atoms with E-state index in [2.05, 4.69) is 55.7 Å². The molecule has 2 aliphatic rings. The van der Waals surface area contributed by atoms with Crippen LogP contribution in [-0.4, -0.2) is 30.3 Å². The number of piperidine rings is 2. The summed E-state index contributed by atoms with van der Waals surface area (Å²) in [7, 11) is 0. The van der Waals surface area contributed by atoms with Crippen molar-refractivity contribution in [2.75, 3.05) is 19.3 Å². The zero-order valence-corrected chi connectivity index (χ0v) is 18.9. The van der Waals surface area contributed by atoms with Gasteiger partial charge in [0.15, 0.2) is 0 Å². The summed E-state index contributed by atoms with van der Waals surface area (Å²) >= 11 is 3.53. The highest BCUT2D eigenvalue weighted by molar-refractivity contribution is 7.79. The average molecular weight is 356 g/mol. The van der Waals surface area contributed by atoms with Crippen LogP contribution in [0.5, 0.6) is 0 Å². The average Bonchev–Trinajstić information content (AvgIpc) is 2.72. The predicted octanol–water partition coefficient (Wildman–Crippen LogP) is 7.32. The van der Waals surface area contributed by atoms with E-state index in [0.717, 1.165) is 0 Å². The second kappa shape index (κ2) is 22.5. The summed E-state index contributed by atoms with van der Waals surface area (Å²) < 4.78 is 0. The molecule has 2 saturated heterocycles. The number of hydrogen-bond donors (Lipinski definition) is 1. The number of hydrogen-bond acceptors (Lipinski definition) is 2. The van der Waals surface area contributed by atoms with Crippen LogP contribution in [0.15, 0.2) is 35.5 Å². The van der Waals surface area contributed by atoms with Gasteiger partial charge in [-0.15, -0.1) is 0 Å². The molecule has 2 heteroatoms. The number of rotatable bonds is 1. The van der Waals surface area contributed by atoms with Crippen LogP contribution in [0.4, 0.5) is 0 Å². The van der Waals surface area contributed by atoms with Crippen molar-refractivity contribution in [3.05, 3.63) is 35.5 Å². The van der Waals surface area contributed by atoms with Crippen LogP contribution in [-0.2, 0) is 0 Å². The van der Waals surface area contributed by atoms with Gasteiger partial charge in [0, 0.05) is 12.6 Å². The lowest BCUT2D eigenvalue weighted by Gasteiger charge is -2.42. The molecule has 2 aliphatic heterocycles. The molecule has 1 nitrogen and oxygen atoms in total. The van der Waals surface area contributed by atoms with Gasteiger partial charge in [0.05, 0.1) is 0 Å². The fourth-order valence-corrected chi connectivity index (χ4v) is 2.96. The van der Waals surface area contributed by atoms with Gasteiger partial charge < -0.3 is 0 Å². The SMILES string of the molecule is CC.CC.CC.CS.C\C=C/C=C1\C(=C/C)CCN2CCCCC12. The van der Waals surface area contributed by atoms with E-state index < -0.39 is 0 Å². The molecule has 2 rings (SSSR count). The van der Waals surface area contributed by atoms with Gasteiger partial charge in [-0.05, 0) is 57.1 Å². The molecule has 1 unspecified atom stereocenters. The summed E-state index contributed by atoms with van der Waals surface area (Å²) in [6, 6.07) is 0.699. The van der Waals surface area contributed by atoms with Gasteiger partial charge in [0.2, 0.25) is 0 Å². The van der Waals surface area contributed by atoms with Crippen molar-refractivity contribution < 1.29 is 0 Å². The Bertz CT molecular complexity index is 329. The first-order chi connectivity index (χ1) is 11.9. The highest BCUT2D eigenvalue weighted by atomic mass is 32.1. The standard InChI is InChI=1S/C15H23N.3C2H6.CH4S/c1-3-5-8-14-13(4-2)10-12-16-11-7-6-9-15(14)16;4*1-2/h3-5,8,15H,6-7,9-12H2,1-2H3;3*1-2H3;2H,1H3/b5-3-,13-4-,14-8+;;;;. The lowest BCUT2D eigenvalue weighted by atomic mass is 9.84. The van der Waals surface area contributed by atoms with Crippen molar-refractivity contribution in [3.63, 3.8) is 0 Å². The molecule has 0 radical (unpaired) electrons. The maximum absolute atomic E-state index is 3.53. The van der Waals surface area contributed by atoms with Crippen molar-refractivity contribution >= 4 is 12.6 Å². The molecule has 24 heavy (non-hydrogen) atoms. The summed E-state index contributed by atoms with van der Waals surface area (Å²) in [4.78, 5) is 2.67. The van der Waals surface area contributed by atoms with Gasteiger partial charge >= 0.3 is 0 Å². The Morgan fingerprint density at radius 3 is 2.00 bits per heavy atom. The summed E-state index contributed by atoms with van der Waals surface area (Å²) in [6.07, 6.45) is 16.0. The van der Waals surface area contributed by atoms with E-state index in [0.29, 0.717) is 6.04 Å². The molecular formula is C22H45NS. The van der Waals surface area contributed by atoms with Crippen molar-refractivity contribution in [1.29, 1.82) is 0 Å². The van der Waals surface area contributed by atoms with Gasteiger partial charge in [0.25, 0.3) is 0 Å². The molecule has 0 aliphatic carbocycles. The van der Waals surface area contributed by atoms with E-state index in [4.69, 9.17) is 0 Å². The van der Waals surface area contributed by atoms with Crippen LogP contribution in [0.3, 0.4) is 0 Å². The fraction of sp³-hybridized carbons (Fsp3) is 0.727. The number of allylic oxidation sites excluding steroid dienone is 4. The third-order valence-electron chi connectivity index (χ3n) is 3.83. The van der Waals surface area contributed by atoms with Crippen LogP contribution < -0.4 is 0 Å². The first-order valence-electron chi connectivity index (χ1n) is 10.0. The van der Waals surface area contributed by atoms with E-state index in [1.54, 1.807) is 17.4 Å². The zero-order chi connectivity index (χ0) is 19.4. The molecule has 0 aromatic heterocycles. The summed E-state index contributed by atoms with van der Waals surface area (Å²) in [5.41, 5.74) is 3.15. The minimum atomic E-state index is 0.699. The zero-order valence-electron chi connectivity index (χ0n) is 18.0. The molecule has 0 amide bonds. The smallest absolute Gasteiger partial charge is 0.0350 e. The minimum Gasteiger partial charge on any atom is -0.296 e. The maximum atomic E-state index is 3.53. The van der Waals surface area contributed by atoms with Crippen LogP contribution >= 0.6 is 12.6 Å². The van der Waals surface area contributed by atoms with Crippen LogP contribution in [0.1, 0.15) is 81.1 Å². The van der Waals surface area contributed by atoms with Gasteiger partial charge in [0.1, 0.15) is 0 Å². The number of thiol groups is 1. The molecule has 144 valence electrons. The van der Waals surface area contributed by atoms with Gasteiger partial charge in [-0.1, -0.05) is 72.3 Å². The van der Waals surface area contributed by atoms with Crippen LogP contribution in [0.2, 0.25) is 0 Å². The Hall–Kier alpha value is -0.470. The second-order valence-corrected chi connectivity index (χ2v) is 4.76. The Morgan fingerprint density at radius 2 is 1.50 bits per heavy atom. The fourth-order valence-electron chi connectivity index (χ4n) is 2.96. The topological polar surface area (TPSA) is 3.24 Å². The lowest BCUT2D eigenvalue weighted by Crippen LogP contribution is -2.44. The molecule has 0 spiro atoms. The first-order valence-corrected chi connectivity index (χ1v) is 10.9. The first kappa shape index (κ1) is 28.3. The highest BCUT2D eigenvalue weighted by Gasteiger charge is 2.30. The molecule has 2 heterocycles. The van der Waals surface area contributed by atoms with Crippen molar-refractivity contribution in [2.24, 2.45) is 0 Å². The molecule has 0 N–H and O–H groups in total. The predicted molar refractivity (Wildman–Crippen MR) is 119 cm³/mol. The second-order valence-electron chi connectivity index (χ2n) is 4.76. The Kier molecular flexibility index (Phi) is 26.6. The number of nitrogens with zero attached hydrogens (tertiary/aromatic N) is 1. The molecule has 0 saturated carbocycles. The highest BCUT2D eigenvalue weighted by Crippen LogP contribution is 2.33. The third kappa shape index (κ3) is 10.4. The largest absolute Gasteiger partial charge is 0.296 e. The van der Waals surface area contributed by atoms with Gasteiger partial charge in [-0.25, -0.2) is 0 Å². The number of fused-ring (bicyclic) bond motifs is 1. The summed E-state index contributed by atoms with van der Waals surface area (Å²) in [6.45, 7) is 18.8.